The van der Waals surface area contributed by atoms with Crippen molar-refractivity contribution in [3.63, 3.8) is 0 Å². The molecule has 2 aromatic carbocycles. The Bertz CT molecular complexity index is 1090. The van der Waals surface area contributed by atoms with Crippen LogP contribution in [0.5, 0.6) is 17.2 Å². The average Bonchev–Trinajstić information content (AvgIpc) is 3.46. The van der Waals surface area contributed by atoms with Crippen molar-refractivity contribution in [2.24, 2.45) is 0 Å². The lowest BCUT2D eigenvalue weighted by Gasteiger charge is -2.18. The third kappa shape index (κ3) is 5.36. The molecule has 0 spiro atoms. The predicted molar refractivity (Wildman–Crippen MR) is 126 cm³/mol. The molecule has 0 radical (unpaired) electrons. The zero-order valence-corrected chi connectivity index (χ0v) is 19.1. The minimum atomic E-state index is -0.105. The predicted octanol–water partition coefficient (Wildman–Crippen LogP) is 5.63. The van der Waals surface area contributed by atoms with Gasteiger partial charge in [0.15, 0.2) is 5.78 Å². The van der Waals surface area contributed by atoms with Crippen molar-refractivity contribution in [1.29, 1.82) is 0 Å². The van der Waals surface area contributed by atoms with Gasteiger partial charge in [-0.2, -0.15) is 0 Å². The summed E-state index contributed by atoms with van der Waals surface area (Å²) in [7, 11) is 1.65. The molecule has 2 atom stereocenters. The Balaban J connectivity index is 1.58. The van der Waals surface area contributed by atoms with Crippen molar-refractivity contribution in [1.82, 2.24) is 10.3 Å². The van der Waals surface area contributed by atoms with E-state index < -0.39 is 0 Å². The minimum Gasteiger partial charge on any atom is -0.488 e. The van der Waals surface area contributed by atoms with Gasteiger partial charge in [-0.25, -0.2) is 4.98 Å². The van der Waals surface area contributed by atoms with Crippen molar-refractivity contribution in [3.8, 4) is 17.2 Å². The van der Waals surface area contributed by atoms with E-state index in [0.717, 1.165) is 22.7 Å². The summed E-state index contributed by atoms with van der Waals surface area (Å²) in [6, 6.07) is 13.1. The van der Waals surface area contributed by atoms with Gasteiger partial charge in [0.1, 0.15) is 28.4 Å². The molecule has 0 aliphatic carbocycles. The SMILES string of the molecule is COC[C@H](C)Oc1cc(Oc2ccc(C(C)=O)cc2)cc(C2=CCC(c3nccs3)N2)c1. The van der Waals surface area contributed by atoms with Crippen LogP contribution in [-0.2, 0) is 4.74 Å². The highest BCUT2D eigenvalue weighted by atomic mass is 32.1. The van der Waals surface area contributed by atoms with Crippen LogP contribution in [-0.4, -0.2) is 30.6 Å². The number of ketones is 1. The largest absolute Gasteiger partial charge is 0.488 e. The molecule has 0 saturated heterocycles. The first-order chi connectivity index (χ1) is 15.5. The van der Waals surface area contributed by atoms with Crippen LogP contribution in [0.1, 0.15) is 47.2 Å². The lowest BCUT2D eigenvalue weighted by Crippen LogP contribution is -2.18. The number of carbonyl (C=O) groups is 1. The van der Waals surface area contributed by atoms with Crippen molar-refractivity contribution in [2.45, 2.75) is 32.4 Å². The normalized spacial score (nSPS) is 16.2. The van der Waals surface area contributed by atoms with Gasteiger partial charge in [0.2, 0.25) is 0 Å². The van der Waals surface area contributed by atoms with E-state index in [1.54, 1.807) is 49.6 Å². The Morgan fingerprint density at radius 2 is 1.97 bits per heavy atom. The van der Waals surface area contributed by atoms with Gasteiger partial charge in [0.25, 0.3) is 0 Å². The number of thiazole rings is 1. The molecule has 166 valence electrons. The molecule has 6 nitrogen and oxygen atoms in total. The maximum atomic E-state index is 11.5. The zero-order valence-electron chi connectivity index (χ0n) is 18.3. The molecule has 0 amide bonds. The van der Waals surface area contributed by atoms with Crippen LogP contribution >= 0.6 is 11.3 Å². The Kier molecular flexibility index (Phi) is 6.87. The number of Topliss-reactive ketones (excluding diaryl/α,β-unsaturated/α-hetero) is 1. The highest BCUT2D eigenvalue weighted by Gasteiger charge is 2.22. The van der Waals surface area contributed by atoms with E-state index in [4.69, 9.17) is 14.2 Å². The standard InChI is InChI=1S/C25H26N2O4S/c1-16(15-29-3)30-21-12-19(23-8-9-24(27-23)25-26-10-11-32-25)13-22(14-21)31-20-6-4-18(5-7-20)17(2)28/h4-8,10-14,16,24,27H,9,15H2,1-3H3/t16-,24?/m0/s1. The highest BCUT2D eigenvalue weighted by molar-refractivity contribution is 7.09. The van der Waals surface area contributed by atoms with Crippen LogP contribution in [0, 0.1) is 0 Å². The minimum absolute atomic E-state index is 0.0235. The Morgan fingerprint density at radius 3 is 2.66 bits per heavy atom. The second-order valence-electron chi connectivity index (χ2n) is 7.68. The molecule has 2 heterocycles. The molecular formula is C25H26N2O4S. The fraction of sp³-hybridized carbons (Fsp3) is 0.280. The summed E-state index contributed by atoms with van der Waals surface area (Å²) in [5, 5.41) is 6.62. The van der Waals surface area contributed by atoms with Gasteiger partial charge >= 0.3 is 0 Å². The highest BCUT2D eigenvalue weighted by Crippen LogP contribution is 2.35. The summed E-state index contributed by atoms with van der Waals surface area (Å²) >= 11 is 1.65. The van der Waals surface area contributed by atoms with Gasteiger partial charge in [-0.05, 0) is 56.7 Å². The summed E-state index contributed by atoms with van der Waals surface area (Å²) in [4.78, 5) is 16.0. The van der Waals surface area contributed by atoms with E-state index >= 15 is 0 Å². The number of aromatic nitrogens is 1. The summed E-state index contributed by atoms with van der Waals surface area (Å²) in [5.41, 5.74) is 2.64. The monoisotopic (exact) mass is 450 g/mol. The smallest absolute Gasteiger partial charge is 0.159 e. The van der Waals surface area contributed by atoms with E-state index in [9.17, 15) is 4.79 Å². The maximum Gasteiger partial charge on any atom is 0.159 e. The number of nitrogens with one attached hydrogen (secondary N) is 1. The topological polar surface area (TPSA) is 69.7 Å². The second kappa shape index (κ2) is 9.97. The third-order valence-corrected chi connectivity index (χ3v) is 5.95. The molecule has 7 heteroatoms. The fourth-order valence-corrected chi connectivity index (χ4v) is 4.26. The lowest BCUT2D eigenvalue weighted by molar-refractivity contribution is 0.0919. The van der Waals surface area contributed by atoms with E-state index in [0.29, 0.717) is 29.4 Å². The molecule has 1 aliphatic heterocycles. The van der Waals surface area contributed by atoms with E-state index in [2.05, 4.69) is 16.4 Å². The molecular weight excluding hydrogens is 424 g/mol. The third-order valence-electron chi connectivity index (χ3n) is 5.06. The number of ether oxygens (including phenoxy) is 3. The molecule has 3 aromatic rings. The van der Waals surface area contributed by atoms with E-state index in [1.165, 1.54) is 0 Å². The molecule has 1 aliphatic rings. The van der Waals surface area contributed by atoms with Gasteiger partial charge in [-0.15, -0.1) is 11.3 Å². The van der Waals surface area contributed by atoms with Crippen LogP contribution in [0.2, 0.25) is 0 Å². The number of methoxy groups -OCH3 is 1. The van der Waals surface area contributed by atoms with Gasteiger partial charge in [0, 0.05) is 41.6 Å². The summed E-state index contributed by atoms with van der Waals surface area (Å²) in [5.74, 6) is 2.02. The number of benzene rings is 2. The van der Waals surface area contributed by atoms with Crippen LogP contribution < -0.4 is 14.8 Å². The van der Waals surface area contributed by atoms with Crippen molar-refractivity contribution in [2.75, 3.05) is 13.7 Å². The molecule has 0 fully saturated rings. The van der Waals surface area contributed by atoms with E-state index in [-0.39, 0.29) is 17.9 Å². The first-order valence-corrected chi connectivity index (χ1v) is 11.4. The first kappa shape index (κ1) is 22.0. The summed E-state index contributed by atoms with van der Waals surface area (Å²) in [6.45, 7) is 3.99. The van der Waals surface area contributed by atoms with Gasteiger partial charge in [0.05, 0.1) is 12.6 Å². The number of rotatable bonds is 9. The fourth-order valence-electron chi connectivity index (χ4n) is 3.56. The molecule has 4 rings (SSSR count). The number of hydrogen-bond donors (Lipinski definition) is 1. The lowest BCUT2D eigenvalue weighted by atomic mass is 10.1. The molecule has 0 bridgehead atoms. The van der Waals surface area contributed by atoms with Gasteiger partial charge < -0.3 is 19.5 Å². The molecule has 0 saturated carbocycles. The number of nitrogens with zero attached hydrogens (tertiary/aromatic N) is 1. The quantitative estimate of drug-likeness (QED) is 0.426. The average molecular weight is 451 g/mol. The van der Waals surface area contributed by atoms with Crippen molar-refractivity contribution >= 4 is 22.8 Å². The van der Waals surface area contributed by atoms with Crippen LogP contribution in [0.15, 0.2) is 60.1 Å². The van der Waals surface area contributed by atoms with Crippen molar-refractivity contribution < 1.29 is 19.0 Å². The first-order valence-electron chi connectivity index (χ1n) is 10.5. The summed E-state index contributed by atoms with van der Waals surface area (Å²) < 4.78 is 17.4. The Labute approximate surface area is 191 Å². The number of hydrogen-bond acceptors (Lipinski definition) is 7. The number of carbonyl (C=O) groups excluding carboxylic acids is 1. The zero-order chi connectivity index (χ0) is 22.5. The Morgan fingerprint density at radius 1 is 1.19 bits per heavy atom. The molecule has 32 heavy (non-hydrogen) atoms. The maximum absolute atomic E-state index is 11.5. The Hall–Kier alpha value is -3.16. The van der Waals surface area contributed by atoms with Crippen LogP contribution in [0.25, 0.3) is 5.70 Å². The second-order valence-corrected chi connectivity index (χ2v) is 8.61. The van der Waals surface area contributed by atoms with Gasteiger partial charge in [-0.3, -0.25) is 4.79 Å². The molecule has 1 N–H and O–H groups in total. The van der Waals surface area contributed by atoms with Crippen molar-refractivity contribution in [3.05, 3.63) is 76.3 Å². The molecule has 1 aromatic heterocycles. The summed E-state index contributed by atoms with van der Waals surface area (Å²) in [6.07, 6.45) is 4.77. The van der Waals surface area contributed by atoms with Crippen LogP contribution in [0.4, 0.5) is 0 Å². The van der Waals surface area contributed by atoms with Gasteiger partial charge in [-0.1, -0.05) is 6.08 Å². The molecule has 1 unspecified atom stereocenters. The van der Waals surface area contributed by atoms with E-state index in [1.807, 2.05) is 36.7 Å². The van der Waals surface area contributed by atoms with Crippen LogP contribution in [0.3, 0.4) is 0 Å².